The lowest BCUT2D eigenvalue weighted by Crippen LogP contribution is -2.20. The van der Waals surface area contributed by atoms with Gasteiger partial charge in [-0.1, -0.05) is 5.16 Å². The molecule has 0 bridgehead atoms. The van der Waals surface area contributed by atoms with Gasteiger partial charge < -0.3 is 14.0 Å². The van der Waals surface area contributed by atoms with E-state index in [9.17, 15) is 5.11 Å². The van der Waals surface area contributed by atoms with Crippen LogP contribution in [0, 0.1) is 19.8 Å². The molecule has 0 radical (unpaired) electrons. The number of nitrogens with zero attached hydrogens (tertiary/aromatic N) is 3. The van der Waals surface area contributed by atoms with Gasteiger partial charge in [0, 0.05) is 25.6 Å². The monoisotopic (exact) mass is 277 g/mol. The van der Waals surface area contributed by atoms with Crippen molar-refractivity contribution in [2.75, 3.05) is 19.7 Å². The predicted molar refractivity (Wildman–Crippen MR) is 71.1 cm³/mol. The second-order valence-corrected chi connectivity index (χ2v) is 5.44. The van der Waals surface area contributed by atoms with Gasteiger partial charge in [-0.25, -0.2) is 0 Å². The van der Waals surface area contributed by atoms with Crippen molar-refractivity contribution in [3.05, 3.63) is 35.4 Å². The fraction of sp³-hybridized carbons (Fsp3) is 0.571. The lowest BCUT2D eigenvalue weighted by Gasteiger charge is -2.13. The van der Waals surface area contributed by atoms with Gasteiger partial charge >= 0.3 is 0 Å². The molecule has 1 fully saturated rings. The number of aryl methyl sites for hydroxylation is 2. The van der Waals surface area contributed by atoms with Crippen LogP contribution in [0.3, 0.4) is 0 Å². The average molecular weight is 277 g/mol. The summed E-state index contributed by atoms with van der Waals surface area (Å²) in [6.07, 6.45) is 0. The summed E-state index contributed by atoms with van der Waals surface area (Å²) < 4.78 is 10.9. The number of aromatic nitrogens is 2. The fourth-order valence-electron chi connectivity index (χ4n) is 2.81. The molecule has 1 N–H and O–H groups in total. The molecule has 1 saturated heterocycles. The smallest absolute Gasteiger partial charge is 0.231 e. The summed E-state index contributed by atoms with van der Waals surface area (Å²) in [5.41, 5.74) is 0. The van der Waals surface area contributed by atoms with E-state index in [0.717, 1.165) is 31.2 Å². The first-order chi connectivity index (χ1) is 9.65. The largest absolute Gasteiger partial charge is 0.465 e. The molecular weight excluding hydrogens is 258 g/mol. The van der Waals surface area contributed by atoms with Crippen LogP contribution >= 0.6 is 0 Å². The Morgan fingerprint density at radius 3 is 2.80 bits per heavy atom. The van der Waals surface area contributed by atoms with E-state index < -0.39 is 0 Å². The number of rotatable bonds is 4. The van der Waals surface area contributed by atoms with Gasteiger partial charge in [-0.3, -0.25) is 4.90 Å². The Bertz CT molecular complexity index is 578. The quantitative estimate of drug-likeness (QED) is 0.912. The van der Waals surface area contributed by atoms with Gasteiger partial charge in [0.1, 0.15) is 11.5 Å². The van der Waals surface area contributed by atoms with Crippen LogP contribution in [0.1, 0.15) is 29.2 Å². The molecular formula is C14H19N3O3. The Hall–Kier alpha value is -1.66. The fourth-order valence-corrected chi connectivity index (χ4v) is 2.81. The van der Waals surface area contributed by atoms with Gasteiger partial charge in [0.2, 0.25) is 5.89 Å². The van der Waals surface area contributed by atoms with Crippen molar-refractivity contribution >= 4 is 0 Å². The van der Waals surface area contributed by atoms with Crippen molar-refractivity contribution in [2.24, 2.45) is 5.92 Å². The third-order valence-electron chi connectivity index (χ3n) is 3.79. The van der Waals surface area contributed by atoms with Crippen LogP contribution in [-0.4, -0.2) is 39.8 Å². The highest BCUT2D eigenvalue weighted by Gasteiger charge is 2.37. The Morgan fingerprint density at radius 1 is 1.35 bits per heavy atom. The van der Waals surface area contributed by atoms with Crippen LogP contribution in [0.2, 0.25) is 0 Å². The summed E-state index contributed by atoms with van der Waals surface area (Å²) in [5.74, 6) is 3.35. The van der Waals surface area contributed by atoms with Gasteiger partial charge in [-0.2, -0.15) is 4.98 Å². The van der Waals surface area contributed by atoms with Gasteiger partial charge in [-0.15, -0.1) is 0 Å². The van der Waals surface area contributed by atoms with E-state index in [1.54, 1.807) is 6.92 Å². The maximum atomic E-state index is 9.55. The molecule has 6 heteroatoms. The standard InChI is InChI=1S/C14H19N3O3/c1-9-3-4-12(19-9)6-17-5-11(8-18)13(7-17)14-15-10(2)16-20-14/h3-4,11,13,18H,5-8H2,1-2H3/t11-,13+/m0/s1. The topological polar surface area (TPSA) is 75.5 Å². The highest BCUT2D eigenvalue weighted by atomic mass is 16.5. The summed E-state index contributed by atoms with van der Waals surface area (Å²) in [5, 5.41) is 13.4. The molecule has 0 saturated carbocycles. The van der Waals surface area contributed by atoms with Crippen molar-refractivity contribution in [3.8, 4) is 0 Å². The van der Waals surface area contributed by atoms with Gasteiger partial charge in [0.15, 0.2) is 5.82 Å². The van der Waals surface area contributed by atoms with Crippen LogP contribution < -0.4 is 0 Å². The maximum Gasteiger partial charge on any atom is 0.231 e. The molecule has 0 spiro atoms. The molecule has 0 amide bonds. The lowest BCUT2D eigenvalue weighted by molar-refractivity contribution is 0.203. The third kappa shape index (κ3) is 2.62. The maximum absolute atomic E-state index is 9.55. The Balaban J connectivity index is 1.71. The minimum atomic E-state index is 0.0947. The number of likely N-dealkylation sites (tertiary alicyclic amines) is 1. The van der Waals surface area contributed by atoms with E-state index in [-0.39, 0.29) is 18.4 Å². The van der Waals surface area contributed by atoms with Crippen molar-refractivity contribution in [2.45, 2.75) is 26.3 Å². The van der Waals surface area contributed by atoms with Crippen molar-refractivity contribution in [1.29, 1.82) is 0 Å². The molecule has 20 heavy (non-hydrogen) atoms. The number of hydrogen-bond acceptors (Lipinski definition) is 6. The summed E-state index contributed by atoms with van der Waals surface area (Å²) >= 11 is 0. The van der Waals surface area contributed by atoms with Crippen LogP contribution in [0.25, 0.3) is 0 Å². The molecule has 2 aromatic heterocycles. The average Bonchev–Trinajstić information content (AvgIpc) is 3.10. The number of aliphatic hydroxyl groups excluding tert-OH is 1. The van der Waals surface area contributed by atoms with Gasteiger partial charge in [0.05, 0.1) is 12.5 Å². The highest BCUT2D eigenvalue weighted by Crippen LogP contribution is 2.32. The van der Waals surface area contributed by atoms with E-state index >= 15 is 0 Å². The zero-order chi connectivity index (χ0) is 14.1. The predicted octanol–water partition coefficient (Wildman–Crippen LogP) is 1.49. The molecule has 0 unspecified atom stereocenters. The first-order valence-corrected chi connectivity index (χ1v) is 6.84. The van der Waals surface area contributed by atoms with E-state index in [2.05, 4.69) is 15.0 Å². The van der Waals surface area contributed by atoms with Crippen molar-refractivity contribution in [1.82, 2.24) is 15.0 Å². The third-order valence-corrected chi connectivity index (χ3v) is 3.79. The second-order valence-electron chi connectivity index (χ2n) is 5.44. The van der Waals surface area contributed by atoms with Gasteiger partial charge in [-0.05, 0) is 26.0 Å². The molecule has 0 aromatic carbocycles. The number of hydrogen-bond donors (Lipinski definition) is 1. The normalized spacial score (nSPS) is 23.6. The minimum absolute atomic E-state index is 0.0947. The first kappa shape index (κ1) is 13.3. The van der Waals surface area contributed by atoms with E-state index in [1.165, 1.54) is 0 Å². The zero-order valence-electron chi connectivity index (χ0n) is 11.7. The van der Waals surface area contributed by atoms with Crippen molar-refractivity contribution < 1.29 is 14.0 Å². The highest BCUT2D eigenvalue weighted by molar-refractivity contribution is 5.08. The molecule has 108 valence electrons. The molecule has 3 heterocycles. The second kappa shape index (κ2) is 5.38. The van der Waals surface area contributed by atoms with Crippen LogP contribution in [0.5, 0.6) is 0 Å². The molecule has 2 atom stereocenters. The minimum Gasteiger partial charge on any atom is -0.465 e. The molecule has 3 rings (SSSR count). The van der Waals surface area contributed by atoms with E-state index in [4.69, 9.17) is 8.94 Å². The van der Waals surface area contributed by atoms with Crippen LogP contribution in [0.15, 0.2) is 21.1 Å². The number of furan rings is 1. The summed E-state index contributed by atoms with van der Waals surface area (Å²) in [6, 6.07) is 3.96. The molecule has 1 aliphatic rings. The Morgan fingerprint density at radius 2 is 2.20 bits per heavy atom. The Kier molecular flexibility index (Phi) is 3.58. The number of aliphatic hydroxyl groups is 1. The van der Waals surface area contributed by atoms with Gasteiger partial charge in [0.25, 0.3) is 0 Å². The van der Waals surface area contributed by atoms with E-state index in [0.29, 0.717) is 11.7 Å². The molecule has 6 nitrogen and oxygen atoms in total. The summed E-state index contributed by atoms with van der Waals surface area (Å²) in [6.45, 7) is 6.22. The summed E-state index contributed by atoms with van der Waals surface area (Å²) in [4.78, 5) is 6.55. The summed E-state index contributed by atoms with van der Waals surface area (Å²) in [7, 11) is 0. The lowest BCUT2D eigenvalue weighted by atomic mass is 9.97. The van der Waals surface area contributed by atoms with Crippen molar-refractivity contribution in [3.63, 3.8) is 0 Å². The van der Waals surface area contributed by atoms with E-state index in [1.807, 2.05) is 19.1 Å². The van der Waals surface area contributed by atoms with Crippen LogP contribution in [-0.2, 0) is 6.54 Å². The molecule has 2 aromatic rings. The first-order valence-electron chi connectivity index (χ1n) is 6.84. The zero-order valence-corrected chi connectivity index (χ0v) is 11.7. The Labute approximate surface area is 117 Å². The SMILES string of the molecule is Cc1noc([C@@H]2CN(Cc3ccc(C)o3)C[C@H]2CO)n1. The molecule has 0 aliphatic carbocycles. The van der Waals surface area contributed by atoms with Crippen LogP contribution in [0.4, 0.5) is 0 Å². The molecule has 1 aliphatic heterocycles.